The van der Waals surface area contributed by atoms with Crippen LogP contribution in [-0.4, -0.2) is 60.5 Å². The van der Waals surface area contributed by atoms with E-state index in [9.17, 15) is 9.59 Å². The van der Waals surface area contributed by atoms with Gasteiger partial charge in [-0.25, -0.2) is 4.79 Å². The molecule has 0 unspecified atom stereocenters. The lowest BCUT2D eigenvalue weighted by Gasteiger charge is -2.27. The number of urea groups is 1. The van der Waals surface area contributed by atoms with E-state index in [1.54, 1.807) is 23.1 Å². The minimum atomic E-state index is -0.253. The number of benzene rings is 3. The van der Waals surface area contributed by atoms with Crippen LogP contribution in [0.25, 0.3) is 11.1 Å². The highest BCUT2D eigenvalue weighted by Crippen LogP contribution is 2.27. The summed E-state index contributed by atoms with van der Waals surface area (Å²) >= 11 is 12.3. The quantitative estimate of drug-likeness (QED) is 0.356. The molecule has 0 aromatic heterocycles. The van der Waals surface area contributed by atoms with Gasteiger partial charge in [-0.3, -0.25) is 14.6 Å². The van der Waals surface area contributed by atoms with Crippen molar-refractivity contribution in [2.75, 3.05) is 42.9 Å². The van der Waals surface area contributed by atoms with Crippen LogP contribution < -0.4 is 10.2 Å². The summed E-state index contributed by atoms with van der Waals surface area (Å²) in [5.74, 6) is 0.270. The number of hydrogen-bond acceptors (Lipinski definition) is 3. The maximum Gasteiger partial charge on any atom is 0.326 e. The van der Waals surface area contributed by atoms with Gasteiger partial charge in [-0.05, 0) is 61.2 Å². The Bertz CT molecular complexity index is 1290. The zero-order valence-electron chi connectivity index (χ0n) is 21.5. The highest BCUT2D eigenvalue weighted by atomic mass is 35.5. The number of carbonyl (C=O) groups is 2. The first-order valence-corrected chi connectivity index (χ1v) is 13.8. The fourth-order valence-electron chi connectivity index (χ4n) is 5.39. The maximum atomic E-state index is 13.5. The Kier molecular flexibility index (Phi) is 8.22. The number of carbonyl (C=O) groups excluding carboxylic acids is 2. The van der Waals surface area contributed by atoms with Crippen molar-refractivity contribution in [1.29, 1.82) is 0 Å². The zero-order chi connectivity index (χ0) is 26.6. The van der Waals surface area contributed by atoms with E-state index in [1.807, 2.05) is 35.2 Å². The molecule has 0 bridgehead atoms. The minimum absolute atomic E-state index is 0.253. The summed E-state index contributed by atoms with van der Waals surface area (Å²) in [4.78, 5) is 31.9. The molecule has 3 aromatic carbocycles. The normalized spacial score (nSPS) is 17.7. The van der Waals surface area contributed by atoms with Gasteiger partial charge < -0.3 is 10.2 Å². The third kappa shape index (κ3) is 6.32. The van der Waals surface area contributed by atoms with E-state index in [4.69, 9.17) is 23.2 Å². The fourth-order valence-corrected chi connectivity index (χ4v) is 5.92. The Morgan fingerprint density at radius 2 is 1.76 bits per heavy atom. The van der Waals surface area contributed by atoms with Crippen molar-refractivity contribution in [2.24, 2.45) is 0 Å². The SMILES string of the molecule is Cc1cccc(-c2ccc(N(CCN3CC[C@@H](N4CCCC4=O)C3)C(=O)Nc3cc(Cl)cc(Cl)c3)cc2)c1. The van der Waals surface area contributed by atoms with Crippen LogP contribution >= 0.6 is 23.2 Å². The molecule has 8 heteroatoms. The van der Waals surface area contributed by atoms with Crippen molar-refractivity contribution in [3.8, 4) is 11.1 Å². The summed E-state index contributed by atoms with van der Waals surface area (Å²) in [6.07, 6.45) is 2.59. The lowest BCUT2D eigenvalue weighted by molar-refractivity contribution is -0.129. The molecule has 38 heavy (non-hydrogen) atoms. The number of nitrogens with one attached hydrogen (secondary N) is 1. The third-order valence-electron chi connectivity index (χ3n) is 7.33. The van der Waals surface area contributed by atoms with Gasteiger partial charge in [0.05, 0.1) is 0 Å². The van der Waals surface area contributed by atoms with Crippen LogP contribution in [0.15, 0.2) is 66.7 Å². The van der Waals surface area contributed by atoms with Crippen LogP contribution in [0.4, 0.5) is 16.2 Å². The van der Waals surface area contributed by atoms with Gasteiger partial charge in [-0.15, -0.1) is 0 Å². The molecule has 0 aliphatic carbocycles. The molecule has 3 aromatic rings. The second kappa shape index (κ2) is 11.8. The molecule has 1 N–H and O–H groups in total. The van der Waals surface area contributed by atoms with Crippen molar-refractivity contribution in [3.05, 3.63) is 82.3 Å². The maximum absolute atomic E-state index is 13.5. The smallest absolute Gasteiger partial charge is 0.326 e. The molecule has 3 amide bonds. The highest BCUT2D eigenvalue weighted by molar-refractivity contribution is 6.35. The van der Waals surface area contributed by atoms with Gasteiger partial charge in [-0.1, -0.05) is 65.2 Å². The first kappa shape index (κ1) is 26.5. The number of aryl methyl sites for hydroxylation is 1. The molecular formula is C30H32Cl2N4O2. The first-order valence-electron chi connectivity index (χ1n) is 13.1. The monoisotopic (exact) mass is 550 g/mol. The number of anilines is 2. The predicted octanol–water partition coefficient (Wildman–Crippen LogP) is 6.70. The largest absolute Gasteiger partial charge is 0.338 e. The summed E-state index contributed by atoms with van der Waals surface area (Å²) in [5.41, 5.74) is 4.78. The molecule has 198 valence electrons. The molecule has 1 atom stereocenters. The van der Waals surface area contributed by atoms with E-state index < -0.39 is 0 Å². The Morgan fingerprint density at radius 1 is 1.00 bits per heavy atom. The third-order valence-corrected chi connectivity index (χ3v) is 7.76. The molecule has 2 aliphatic rings. The average Bonchev–Trinajstić information content (AvgIpc) is 3.52. The van der Waals surface area contributed by atoms with Gasteiger partial charge in [0.25, 0.3) is 0 Å². The number of rotatable bonds is 7. The van der Waals surface area contributed by atoms with E-state index in [-0.39, 0.29) is 18.0 Å². The molecule has 2 saturated heterocycles. The van der Waals surface area contributed by atoms with Crippen LogP contribution in [0.1, 0.15) is 24.8 Å². The van der Waals surface area contributed by atoms with Gasteiger partial charge in [0.2, 0.25) is 5.91 Å². The first-order chi connectivity index (χ1) is 18.4. The zero-order valence-corrected chi connectivity index (χ0v) is 23.0. The number of amides is 3. The van der Waals surface area contributed by atoms with E-state index in [2.05, 4.69) is 35.3 Å². The molecule has 2 heterocycles. The van der Waals surface area contributed by atoms with E-state index in [0.717, 1.165) is 49.3 Å². The highest BCUT2D eigenvalue weighted by Gasteiger charge is 2.33. The van der Waals surface area contributed by atoms with Crippen molar-refractivity contribution < 1.29 is 9.59 Å². The van der Waals surface area contributed by atoms with Crippen LogP contribution in [0.2, 0.25) is 10.0 Å². The van der Waals surface area contributed by atoms with Crippen LogP contribution in [-0.2, 0) is 4.79 Å². The van der Waals surface area contributed by atoms with E-state index in [0.29, 0.717) is 35.2 Å². The van der Waals surface area contributed by atoms with Gasteiger partial charge in [-0.2, -0.15) is 0 Å². The topological polar surface area (TPSA) is 55.9 Å². The number of nitrogens with zero attached hydrogens (tertiary/aromatic N) is 3. The van der Waals surface area contributed by atoms with Gasteiger partial charge in [0, 0.05) is 66.6 Å². The Morgan fingerprint density at radius 3 is 2.45 bits per heavy atom. The molecule has 2 aliphatic heterocycles. The second-order valence-electron chi connectivity index (χ2n) is 10.1. The van der Waals surface area contributed by atoms with Crippen molar-refractivity contribution in [2.45, 2.75) is 32.2 Å². The van der Waals surface area contributed by atoms with Crippen LogP contribution in [0.5, 0.6) is 0 Å². The Balaban J connectivity index is 1.32. The molecule has 5 rings (SSSR count). The fraction of sp³-hybridized carbons (Fsp3) is 0.333. The van der Waals surface area contributed by atoms with Gasteiger partial charge >= 0.3 is 6.03 Å². The lowest BCUT2D eigenvalue weighted by atomic mass is 10.0. The van der Waals surface area contributed by atoms with Crippen LogP contribution in [0.3, 0.4) is 0 Å². The van der Waals surface area contributed by atoms with Gasteiger partial charge in [0.15, 0.2) is 0 Å². The summed E-state index contributed by atoms with van der Waals surface area (Å²) in [5, 5.41) is 3.88. The summed E-state index contributed by atoms with van der Waals surface area (Å²) in [6.45, 7) is 5.92. The summed E-state index contributed by atoms with van der Waals surface area (Å²) < 4.78 is 0. The lowest BCUT2D eigenvalue weighted by Crippen LogP contribution is -2.42. The molecule has 0 spiro atoms. The van der Waals surface area contributed by atoms with Crippen molar-refractivity contribution in [3.63, 3.8) is 0 Å². The standard InChI is InChI=1S/C30H32Cl2N4O2/c1-21-4-2-5-23(16-21)22-7-9-27(10-8-22)36(30(38)33-26-18-24(31)17-25(32)19-26)15-14-34-13-11-28(20-34)35-12-3-6-29(35)37/h2,4-5,7-10,16-19,28H,3,6,11-15,20H2,1H3,(H,33,38)/t28-/m1/s1. The molecule has 0 saturated carbocycles. The van der Waals surface area contributed by atoms with E-state index in [1.165, 1.54) is 5.56 Å². The minimum Gasteiger partial charge on any atom is -0.338 e. The predicted molar refractivity (Wildman–Crippen MR) is 155 cm³/mol. The molecular weight excluding hydrogens is 519 g/mol. The molecule has 6 nitrogen and oxygen atoms in total. The summed E-state index contributed by atoms with van der Waals surface area (Å²) in [7, 11) is 0. The molecule has 2 fully saturated rings. The number of hydrogen-bond donors (Lipinski definition) is 1. The average molecular weight is 552 g/mol. The van der Waals surface area contributed by atoms with E-state index >= 15 is 0 Å². The summed E-state index contributed by atoms with van der Waals surface area (Å²) in [6, 6.07) is 21.4. The van der Waals surface area contributed by atoms with Gasteiger partial charge in [0.1, 0.15) is 0 Å². The second-order valence-corrected chi connectivity index (χ2v) is 11.0. The molecule has 0 radical (unpaired) electrons. The number of likely N-dealkylation sites (tertiary alicyclic amines) is 2. The number of halogens is 2. The van der Waals surface area contributed by atoms with Crippen molar-refractivity contribution in [1.82, 2.24) is 9.80 Å². The Hall–Kier alpha value is -3.06. The van der Waals surface area contributed by atoms with Crippen molar-refractivity contribution >= 4 is 46.5 Å². The van der Waals surface area contributed by atoms with Crippen LogP contribution in [0, 0.1) is 6.92 Å². The Labute approximate surface area is 234 Å².